The number of nitrogens with zero attached hydrogens (tertiary/aromatic N) is 2. The van der Waals surface area contributed by atoms with E-state index in [4.69, 9.17) is 18.9 Å². The number of hydrogen-bond acceptors (Lipinski definition) is 17. The topological polar surface area (TPSA) is 275 Å². The summed E-state index contributed by atoms with van der Waals surface area (Å²) in [5.41, 5.74) is 0.693. The van der Waals surface area contributed by atoms with E-state index >= 15 is 0 Å². The van der Waals surface area contributed by atoms with Crippen LogP contribution in [-0.2, 0) is 52.1 Å². The molecule has 364 valence electrons. The van der Waals surface area contributed by atoms with Crippen molar-refractivity contribution in [2.24, 2.45) is 9.98 Å². The van der Waals surface area contributed by atoms with Crippen LogP contribution < -0.4 is 9.44 Å². The first kappa shape index (κ1) is 52.0. The van der Waals surface area contributed by atoms with Gasteiger partial charge in [0.25, 0.3) is 20.0 Å². The van der Waals surface area contributed by atoms with Crippen molar-refractivity contribution < 1.29 is 66.4 Å². The number of aliphatic imine (C=N–C) groups is 2. The highest BCUT2D eigenvalue weighted by Crippen LogP contribution is 2.38. The van der Waals surface area contributed by atoms with E-state index in [2.05, 4.69) is 19.4 Å². The van der Waals surface area contributed by atoms with E-state index in [0.29, 0.717) is 0 Å². The first-order valence-corrected chi connectivity index (χ1v) is 25.5. The SMILES string of the molecule is Cc1ccc(S(=O)(=O)NC(CCO[C@H]2[C@@H](O)[C@@H](CO)O[C@@H](S[C@@H]3O[C@H](CO)[C@H](O)[C@H](OCCC(=NCc4ccccc4)NS(=O)(=O)c4ccc(C)cc4)[C@H]3O)[C@@H]2O)=NCc2ccccc2)cc1. The van der Waals surface area contributed by atoms with Crippen LogP contribution in [0.1, 0.15) is 35.1 Å². The van der Waals surface area contributed by atoms with Gasteiger partial charge in [0.2, 0.25) is 0 Å². The summed E-state index contributed by atoms with van der Waals surface area (Å²) in [6.07, 6.45) is -12.0. The van der Waals surface area contributed by atoms with Gasteiger partial charge in [0.1, 0.15) is 71.4 Å². The standard InChI is InChI=1S/C46H58N4O14S3/c1-29-13-17-33(18-14-29)66(57,58)49-37(47-25-31-9-5-3-6-10-31)21-23-61-43-39(53)35(27-51)63-45(41(43)55)65-46-42(56)44(40(54)36(28-52)64-46)62-24-22-38(48-26-32-11-7-4-8-12-32)50-67(59,60)34-19-15-30(2)16-20-34/h3-20,35-36,39-46,51-56H,21-28H2,1-2H3,(H,47,49)(H,48,50)/t35-,36-,39+,40+,41-,42-,43+,44+,45+,46+/m1/s1. The van der Waals surface area contributed by atoms with Crippen LogP contribution in [-0.4, -0.2) is 145 Å². The second kappa shape index (κ2) is 24.3. The molecule has 0 saturated carbocycles. The molecule has 2 aliphatic heterocycles. The Morgan fingerprint density at radius 2 is 0.925 bits per heavy atom. The monoisotopic (exact) mass is 986 g/mol. The van der Waals surface area contributed by atoms with Gasteiger partial charge in [-0.25, -0.2) is 16.8 Å². The molecule has 6 rings (SSSR count). The van der Waals surface area contributed by atoms with Gasteiger partial charge in [-0.05, 0) is 49.2 Å². The number of benzene rings is 4. The van der Waals surface area contributed by atoms with Crippen LogP contribution in [0, 0.1) is 13.8 Å². The molecule has 2 saturated heterocycles. The zero-order valence-electron chi connectivity index (χ0n) is 36.9. The van der Waals surface area contributed by atoms with Crippen molar-refractivity contribution in [1.29, 1.82) is 0 Å². The van der Waals surface area contributed by atoms with Gasteiger partial charge in [-0.15, -0.1) is 0 Å². The number of nitrogens with one attached hydrogen (secondary N) is 2. The average Bonchev–Trinajstić information content (AvgIpc) is 3.31. The highest BCUT2D eigenvalue weighted by Gasteiger charge is 2.51. The molecule has 0 spiro atoms. The fraction of sp³-hybridized carbons (Fsp3) is 0.435. The van der Waals surface area contributed by atoms with Gasteiger partial charge in [0.05, 0.1) is 49.3 Å². The number of sulfonamides is 2. The van der Waals surface area contributed by atoms with Crippen molar-refractivity contribution in [2.45, 2.75) is 109 Å². The summed E-state index contributed by atoms with van der Waals surface area (Å²) in [4.78, 5) is 9.04. The Bertz CT molecular complexity index is 2280. The molecule has 4 aromatic rings. The number of ether oxygens (including phenoxy) is 4. The van der Waals surface area contributed by atoms with E-state index in [1.807, 2.05) is 74.5 Å². The lowest BCUT2D eigenvalue weighted by Crippen LogP contribution is -2.61. The lowest BCUT2D eigenvalue weighted by molar-refractivity contribution is -0.228. The van der Waals surface area contributed by atoms with Gasteiger partial charge in [-0.3, -0.25) is 19.4 Å². The third-order valence-corrected chi connectivity index (χ3v) is 15.1. The van der Waals surface area contributed by atoms with Crippen LogP contribution in [0.25, 0.3) is 0 Å². The number of aliphatic hydroxyl groups excluding tert-OH is 6. The van der Waals surface area contributed by atoms with Crippen molar-refractivity contribution >= 4 is 43.5 Å². The fourth-order valence-electron chi connectivity index (χ4n) is 7.17. The first-order valence-electron chi connectivity index (χ1n) is 21.6. The van der Waals surface area contributed by atoms with Crippen LogP contribution in [0.2, 0.25) is 0 Å². The number of aliphatic hydroxyl groups is 6. The Hall–Kier alpha value is -4.33. The quantitative estimate of drug-likeness (QED) is 0.0464. The van der Waals surface area contributed by atoms with E-state index < -0.39 is 93.0 Å². The molecule has 2 heterocycles. The zero-order valence-corrected chi connectivity index (χ0v) is 39.3. The van der Waals surface area contributed by atoms with Crippen molar-refractivity contribution in [3.05, 3.63) is 131 Å². The molecule has 67 heavy (non-hydrogen) atoms. The number of amidine groups is 2. The molecule has 21 heteroatoms. The van der Waals surface area contributed by atoms with E-state index in [-0.39, 0.29) is 60.6 Å². The second-order valence-corrected chi connectivity index (χ2v) is 20.6. The molecule has 18 nitrogen and oxygen atoms in total. The maximum absolute atomic E-state index is 13.4. The van der Waals surface area contributed by atoms with Crippen molar-refractivity contribution in [1.82, 2.24) is 9.44 Å². The minimum Gasteiger partial charge on any atom is -0.394 e. The molecular formula is C46H58N4O14S3. The summed E-state index contributed by atoms with van der Waals surface area (Å²) in [7, 11) is -8.13. The normalized spacial score (nSPS) is 26.3. The predicted octanol–water partition coefficient (Wildman–Crippen LogP) is 1.92. The van der Waals surface area contributed by atoms with Crippen LogP contribution >= 0.6 is 11.8 Å². The van der Waals surface area contributed by atoms with Gasteiger partial charge in [-0.2, -0.15) is 0 Å². The van der Waals surface area contributed by atoms with Gasteiger partial charge < -0.3 is 49.6 Å². The lowest BCUT2D eigenvalue weighted by Gasteiger charge is -2.46. The summed E-state index contributed by atoms with van der Waals surface area (Å²) in [5.74, 6) is 0.0865. The third-order valence-electron chi connectivity index (χ3n) is 11.0. The number of aryl methyl sites for hydroxylation is 2. The van der Waals surface area contributed by atoms with Gasteiger partial charge in [-0.1, -0.05) is 108 Å². The Balaban J connectivity index is 1.13. The summed E-state index contributed by atoms with van der Waals surface area (Å²) in [5, 5.41) is 65.8. The predicted molar refractivity (Wildman–Crippen MR) is 250 cm³/mol. The van der Waals surface area contributed by atoms with Crippen LogP contribution in [0.3, 0.4) is 0 Å². The van der Waals surface area contributed by atoms with E-state index in [1.54, 1.807) is 24.3 Å². The molecule has 8 N–H and O–H groups in total. The van der Waals surface area contributed by atoms with Crippen molar-refractivity contribution in [2.75, 3.05) is 26.4 Å². The van der Waals surface area contributed by atoms with Crippen molar-refractivity contribution in [3.8, 4) is 0 Å². The number of rotatable bonds is 20. The number of hydrogen-bond donors (Lipinski definition) is 8. The first-order chi connectivity index (χ1) is 32.1. The molecule has 0 unspecified atom stereocenters. The zero-order chi connectivity index (χ0) is 48.1. The molecule has 10 atom stereocenters. The lowest BCUT2D eigenvalue weighted by atomic mass is 10.00. The van der Waals surface area contributed by atoms with Crippen LogP contribution in [0.4, 0.5) is 0 Å². The smallest absolute Gasteiger partial charge is 0.262 e. The Morgan fingerprint density at radius 3 is 1.27 bits per heavy atom. The molecule has 2 aliphatic rings. The second-order valence-electron chi connectivity index (χ2n) is 16.1. The Kier molecular flexibility index (Phi) is 18.9. The average molecular weight is 987 g/mol. The van der Waals surface area contributed by atoms with E-state index in [1.165, 1.54) is 24.3 Å². The summed E-state index contributed by atoms with van der Waals surface area (Å²) in [6.45, 7) is 2.01. The van der Waals surface area contributed by atoms with E-state index in [9.17, 15) is 47.5 Å². The molecule has 2 fully saturated rings. The summed E-state index contributed by atoms with van der Waals surface area (Å²) < 4.78 is 82.2. The van der Waals surface area contributed by atoms with E-state index in [0.717, 1.165) is 34.0 Å². The molecule has 0 aromatic heterocycles. The van der Waals surface area contributed by atoms with Gasteiger partial charge >= 0.3 is 0 Å². The van der Waals surface area contributed by atoms with Gasteiger partial charge in [0.15, 0.2) is 0 Å². The summed E-state index contributed by atoms with van der Waals surface area (Å²) in [6, 6.07) is 30.8. The maximum atomic E-state index is 13.4. The third kappa shape index (κ3) is 14.4. The highest BCUT2D eigenvalue weighted by atomic mass is 32.2. The minimum absolute atomic E-state index is 0.0156. The fourth-order valence-corrected chi connectivity index (χ4v) is 10.7. The highest BCUT2D eigenvalue weighted by molar-refractivity contribution is 8.00. The maximum Gasteiger partial charge on any atom is 0.262 e. The minimum atomic E-state index is -4.07. The van der Waals surface area contributed by atoms with Gasteiger partial charge in [0, 0.05) is 12.8 Å². The van der Waals surface area contributed by atoms with Crippen molar-refractivity contribution in [3.63, 3.8) is 0 Å². The molecule has 0 amide bonds. The van der Waals surface area contributed by atoms with Crippen LogP contribution in [0.5, 0.6) is 0 Å². The summed E-state index contributed by atoms with van der Waals surface area (Å²) >= 11 is 0.732. The molecule has 0 bridgehead atoms. The molecular weight excluding hydrogens is 929 g/mol. The number of thioether (sulfide) groups is 1. The largest absolute Gasteiger partial charge is 0.394 e. The molecule has 4 aromatic carbocycles. The molecule has 0 radical (unpaired) electrons. The molecule has 0 aliphatic carbocycles. The Labute approximate surface area is 394 Å². The van der Waals surface area contributed by atoms with Crippen LogP contribution in [0.15, 0.2) is 129 Å². The Morgan fingerprint density at radius 1 is 0.567 bits per heavy atom.